The van der Waals surface area contributed by atoms with Gasteiger partial charge in [-0.3, -0.25) is 9.59 Å². The fraction of sp³-hybridized carbons (Fsp3) is 0.905. The van der Waals surface area contributed by atoms with Gasteiger partial charge in [0, 0.05) is 12.8 Å². The summed E-state index contributed by atoms with van der Waals surface area (Å²) in [5, 5.41) is 23.2. The average Bonchev–Trinajstić information content (AvgIpc) is 3.35. The molecule has 408 valence electrons. The van der Waals surface area contributed by atoms with E-state index in [-0.39, 0.29) is 18.5 Å². The van der Waals surface area contributed by atoms with Gasteiger partial charge in [0.05, 0.1) is 25.4 Å². The molecule has 3 N–H and O–H groups in total. The summed E-state index contributed by atoms with van der Waals surface area (Å²) in [6.45, 7) is 4.96. The summed E-state index contributed by atoms with van der Waals surface area (Å²) < 4.78 is 5.48. The van der Waals surface area contributed by atoms with E-state index in [1.165, 1.54) is 263 Å². The van der Waals surface area contributed by atoms with Crippen LogP contribution in [0.25, 0.3) is 0 Å². The Labute approximate surface area is 431 Å². The molecule has 0 aromatic rings. The van der Waals surface area contributed by atoms with Gasteiger partial charge in [-0.1, -0.05) is 276 Å². The van der Waals surface area contributed by atoms with Crippen LogP contribution in [0, 0.1) is 0 Å². The highest BCUT2D eigenvalue weighted by Crippen LogP contribution is 2.17. The predicted molar refractivity (Wildman–Crippen MR) is 301 cm³/mol. The van der Waals surface area contributed by atoms with Gasteiger partial charge >= 0.3 is 5.97 Å². The zero-order valence-corrected chi connectivity index (χ0v) is 46.6. The third-order valence-corrected chi connectivity index (χ3v) is 14.5. The van der Waals surface area contributed by atoms with E-state index in [0.29, 0.717) is 25.9 Å². The lowest BCUT2D eigenvalue weighted by atomic mass is 10.0. The second-order valence-electron chi connectivity index (χ2n) is 21.4. The molecule has 0 aromatic carbocycles. The van der Waals surface area contributed by atoms with Crippen molar-refractivity contribution in [3.8, 4) is 0 Å². The summed E-state index contributed by atoms with van der Waals surface area (Å²) in [6, 6.07) is -0.545. The number of carbonyl (C=O) groups is 2. The Morgan fingerprint density at radius 3 is 1.03 bits per heavy atom. The van der Waals surface area contributed by atoms with Crippen LogP contribution in [-0.4, -0.2) is 47.4 Å². The predicted octanol–water partition coefficient (Wildman–Crippen LogP) is 19.4. The summed E-state index contributed by atoms with van der Waals surface area (Å²) in [6.07, 6.45) is 71.9. The number of unbranched alkanes of at least 4 members (excludes halogenated alkanes) is 43. The molecule has 0 radical (unpaired) electrons. The second-order valence-corrected chi connectivity index (χ2v) is 21.4. The number of aliphatic hydroxyl groups is 2. The number of ether oxygens (including phenoxy) is 1. The van der Waals surface area contributed by atoms with Crippen LogP contribution in [0.15, 0.2) is 24.3 Å². The molecule has 2 unspecified atom stereocenters. The Morgan fingerprint density at radius 1 is 0.391 bits per heavy atom. The van der Waals surface area contributed by atoms with E-state index in [1.54, 1.807) is 0 Å². The summed E-state index contributed by atoms with van der Waals surface area (Å²) in [7, 11) is 0. The lowest BCUT2D eigenvalue weighted by Gasteiger charge is -2.22. The Balaban J connectivity index is 3.39. The van der Waals surface area contributed by atoms with Crippen molar-refractivity contribution in [3.63, 3.8) is 0 Å². The van der Waals surface area contributed by atoms with Gasteiger partial charge in [-0.05, 0) is 77.0 Å². The molecule has 0 bridgehead atoms. The first-order chi connectivity index (χ1) is 34.0. The fourth-order valence-electron chi connectivity index (χ4n) is 9.69. The molecule has 0 heterocycles. The van der Waals surface area contributed by atoms with Crippen molar-refractivity contribution in [3.05, 3.63) is 24.3 Å². The molecule has 6 heteroatoms. The van der Waals surface area contributed by atoms with Gasteiger partial charge in [0.1, 0.15) is 0 Å². The molecule has 0 aliphatic heterocycles. The molecule has 1 amide bonds. The van der Waals surface area contributed by atoms with Crippen LogP contribution in [0.5, 0.6) is 0 Å². The minimum absolute atomic E-state index is 0.00444. The van der Waals surface area contributed by atoms with Crippen LogP contribution in [0.2, 0.25) is 0 Å². The largest absolute Gasteiger partial charge is 0.466 e. The first-order valence-electron chi connectivity index (χ1n) is 31.1. The first kappa shape index (κ1) is 67.3. The van der Waals surface area contributed by atoms with Crippen LogP contribution >= 0.6 is 0 Å². The first-order valence-corrected chi connectivity index (χ1v) is 31.1. The quantitative estimate of drug-likeness (QED) is 0.0321. The molecule has 0 rings (SSSR count). The number of amides is 1. The highest BCUT2D eigenvalue weighted by molar-refractivity contribution is 5.76. The van der Waals surface area contributed by atoms with E-state index in [0.717, 1.165) is 44.9 Å². The SMILES string of the molecule is CCCCCCCCC/C=C\CCCCCCCC(=O)OCCCCCCCCCCCCCC/C=C\CCCCCCCCCC(=O)NC(CO)C(O)CCCCCCCCCCCCCCC. The molecule has 0 aromatic heterocycles. The number of allylic oxidation sites excluding steroid dienone is 4. The van der Waals surface area contributed by atoms with Crippen molar-refractivity contribution >= 4 is 11.9 Å². The molecular formula is C63H121NO5. The monoisotopic (exact) mass is 972 g/mol. The van der Waals surface area contributed by atoms with Gasteiger partial charge in [-0.15, -0.1) is 0 Å². The molecule has 6 nitrogen and oxygen atoms in total. The normalized spacial score (nSPS) is 12.7. The number of hydrogen-bond acceptors (Lipinski definition) is 5. The zero-order chi connectivity index (χ0) is 50.0. The van der Waals surface area contributed by atoms with E-state index < -0.39 is 12.1 Å². The second kappa shape index (κ2) is 58.9. The Bertz CT molecular complexity index is 1080. The number of esters is 1. The van der Waals surface area contributed by atoms with Gasteiger partial charge < -0.3 is 20.3 Å². The molecule has 0 aliphatic rings. The van der Waals surface area contributed by atoms with Gasteiger partial charge in [0.25, 0.3) is 0 Å². The van der Waals surface area contributed by atoms with Crippen LogP contribution in [0.1, 0.15) is 341 Å². The summed E-state index contributed by atoms with van der Waals surface area (Å²) in [5.41, 5.74) is 0. The Hall–Kier alpha value is -1.66. The fourth-order valence-corrected chi connectivity index (χ4v) is 9.69. The van der Waals surface area contributed by atoms with Crippen molar-refractivity contribution in [1.82, 2.24) is 5.32 Å². The van der Waals surface area contributed by atoms with Gasteiger partial charge in [-0.25, -0.2) is 0 Å². The van der Waals surface area contributed by atoms with Crippen molar-refractivity contribution in [2.45, 2.75) is 353 Å². The molecular weight excluding hydrogens is 851 g/mol. The van der Waals surface area contributed by atoms with Gasteiger partial charge in [0.15, 0.2) is 0 Å². The maximum Gasteiger partial charge on any atom is 0.305 e. The number of nitrogens with one attached hydrogen (secondary N) is 1. The highest BCUT2D eigenvalue weighted by atomic mass is 16.5. The maximum absolute atomic E-state index is 12.5. The Morgan fingerprint density at radius 2 is 0.681 bits per heavy atom. The Kier molecular flexibility index (Phi) is 57.5. The molecule has 0 fully saturated rings. The van der Waals surface area contributed by atoms with Crippen molar-refractivity contribution in [2.75, 3.05) is 13.2 Å². The zero-order valence-electron chi connectivity index (χ0n) is 46.6. The van der Waals surface area contributed by atoms with Gasteiger partial charge in [-0.2, -0.15) is 0 Å². The molecule has 0 saturated carbocycles. The van der Waals surface area contributed by atoms with Crippen molar-refractivity contribution in [1.29, 1.82) is 0 Å². The van der Waals surface area contributed by atoms with Gasteiger partial charge in [0.2, 0.25) is 5.91 Å². The number of aliphatic hydroxyl groups excluding tert-OH is 2. The van der Waals surface area contributed by atoms with E-state index in [9.17, 15) is 19.8 Å². The summed E-state index contributed by atoms with van der Waals surface area (Å²) >= 11 is 0. The number of carbonyl (C=O) groups excluding carboxylic acids is 2. The maximum atomic E-state index is 12.5. The summed E-state index contributed by atoms with van der Waals surface area (Å²) in [4.78, 5) is 24.5. The van der Waals surface area contributed by atoms with Crippen molar-refractivity contribution < 1.29 is 24.5 Å². The van der Waals surface area contributed by atoms with Crippen molar-refractivity contribution in [2.24, 2.45) is 0 Å². The van der Waals surface area contributed by atoms with E-state index in [1.807, 2.05) is 0 Å². The van der Waals surface area contributed by atoms with Crippen LogP contribution in [0.3, 0.4) is 0 Å². The highest BCUT2D eigenvalue weighted by Gasteiger charge is 2.20. The van der Waals surface area contributed by atoms with Crippen LogP contribution in [-0.2, 0) is 14.3 Å². The average molecular weight is 973 g/mol. The molecule has 2 atom stereocenters. The third kappa shape index (κ3) is 55.5. The minimum atomic E-state index is -0.667. The molecule has 69 heavy (non-hydrogen) atoms. The lowest BCUT2D eigenvalue weighted by molar-refractivity contribution is -0.143. The molecule has 0 saturated heterocycles. The number of rotatable bonds is 58. The standard InChI is InChI=1S/C63H121NO5/c1-3-5-7-9-11-13-15-17-18-29-33-37-41-45-49-53-57-63(68)69-58-54-50-46-42-38-34-30-27-25-23-21-19-20-22-24-26-28-32-36-40-44-48-52-56-62(67)64-60(59-65)61(66)55-51-47-43-39-35-31-16-14-12-10-8-6-4-2/h18,22,24,29,60-61,65-66H,3-17,19-21,23,25-28,30-59H2,1-2H3,(H,64,67)/b24-22-,29-18-. The molecule has 0 aliphatic carbocycles. The lowest BCUT2D eigenvalue weighted by Crippen LogP contribution is -2.45. The number of hydrogen-bond donors (Lipinski definition) is 3. The molecule has 0 spiro atoms. The van der Waals surface area contributed by atoms with E-state index in [4.69, 9.17) is 4.74 Å². The smallest absolute Gasteiger partial charge is 0.305 e. The van der Waals surface area contributed by atoms with Crippen LogP contribution in [0.4, 0.5) is 0 Å². The topological polar surface area (TPSA) is 95.9 Å². The van der Waals surface area contributed by atoms with E-state index >= 15 is 0 Å². The summed E-state index contributed by atoms with van der Waals surface area (Å²) in [5.74, 6) is -0.0360. The third-order valence-electron chi connectivity index (χ3n) is 14.5. The van der Waals surface area contributed by atoms with E-state index in [2.05, 4.69) is 43.5 Å². The minimum Gasteiger partial charge on any atom is -0.466 e. The van der Waals surface area contributed by atoms with Crippen LogP contribution < -0.4 is 5.32 Å².